The van der Waals surface area contributed by atoms with Gasteiger partial charge >= 0.3 is 0 Å². The highest BCUT2D eigenvalue weighted by Crippen LogP contribution is 2.33. The second-order valence-electron chi connectivity index (χ2n) is 4.91. The molecule has 0 atom stereocenters. The lowest BCUT2D eigenvalue weighted by atomic mass is 10.0. The van der Waals surface area contributed by atoms with Crippen LogP contribution < -0.4 is 10.1 Å². The van der Waals surface area contributed by atoms with Crippen molar-refractivity contribution in [2.45, 2.75) is 38.2 Å². The quantitative estimate of drug-likeness (QED) is 0.906. The van der Waals surface area contributed by atoms with Crippen LogP contribution in [0.2, 0.25) is 0 Å². The fraction of sp³-hybridized carbons (Fsp3) is 0.571. The predicted molar refractivity (Wildman–Crippen MR) is 72.4 cm³/mol. The van der Waals surface area contributed by atoms with Crippen molar-refractivity contribution in [2.24, 2.45) is 0 Å². The Morgan fingerprint density at radius 2 is 2.05 bits per heavy atom. The van der Waals surface area contributed by atoms with Crippen molar-refractivity contribution >= 4 is 11.6 Å². The van der Waals surface area contributed by atoms with Crippen LogP contribution in [0, 0.1) is 6.92 Å². The SMILES string of the molecule is COc1ncc(NC(=O)C2(OC)CCCC2)cc1C. The number of hydrogen-bond acceptors (Lipinski definition) is 4. The number of amides is 1. The van der Waals surface area contributed by atoms with Crippen LogP contribution in [0.25, 0.3) is 0 Å². The van der Waals surface area contributed by atoms with Gasteiger partial charge in [-0.25, -0.2) is 4.98 Å². The van der Waals surface area contributed by atoms with Crippen LogP contribution in [0.4, 0.5) is 5.69 Å². The molecule has 1 saturated carbocycles. The highest BCUT2D eigenvalue weighted by molar-refractivity contribution is 5.97. The van der Waals surface area contributed by atoms with Crippen LogP contribution in [0.3, 0.4) is 0 Å². The molecule has 2 rings (SSSR count). The zero-order valence-electron chi connectivity index (χ0n) is 11.7. The van der Waals surface area contributed by atoms with Gasteiger partial charge < -0.3 is 14.8 Å². The summed E-state index contributed by atoms with van der Waals surface area (Å²) >= 11 is 0. The Hall–Kier alpha value is -1.62. The molecular formula is C14H20N2O3. The number of nitrogens with zero attached hydrogens (tertiary/aromatic N) is 1. The third kappa shape index (κ3) is 2.71. The number of aryl methyl sites for hydroxylation is 1. The van der Waals surface area contributed by atoms with Crippen molar-refractivity contribution in [3.8, 4) is 5.88 Å². The van der Waals surface area contributed by atoms with Gasteiger partial charge in [-0.2, -0.15) is 0 Å². The van der Waals surface area contributed by atoms with Gasteiger partial charge in [0.2, 0.25) is 5.88 Å². The molecule has 1 aliphatic rings. The molecule has 1 heterocycles. The van der Waals surface area contributed by atoms with E-state index in [9.17, 15) is 4.79 Å². The highest BCUT2D eigenvalue weighted by atomic mass is 16.5. The lowest BCUT2D eigenvalue weighted by molar-refractivity contribution is -0.137. The maximum Gasteiger partial charge on any atom is 0.256 e. The molecule has 1 aliphatic carbocycles. The van der Waals surface area contributed by atoms with Crippen molar-refractivity contribution in [1.29, 1.82) is 0 Å². The lowest BCUT2D eigenvalue weighted by Crippen LogP contribution is -2.42. The van der Waals surface area contributed by atoms with E-state index in [2.05, 4.69) is 10.3 Å². The van der Waals surface area contributed by atoms with Crippen molar-refractivity contribution in [3.05, 3.63) is 17.8 Å². The van der Waals surface area contributed by atoms with E-state index >= 15 is 0 Å². The van der Waals surface area contributed by atoms with Gasteiger partial charge in [-0.05, 0) is 38.7 Å². The smallest absolute Gasteiger partial charge is 0.256 e. The summed E-state index contributed by atoms with van der Waals surface area (Å²) in [5.41, 5.74) is 0.887. The van der Waals surface area contributed by atoms with E-state index in [1.165, 1.54) is 0 Å². The third-order valence-corrected chi connectivity index (χ3v) is 3.70. The lowest BCUT2D eigenvalue weighted by Gasteiger charge is -2.25. The summed E-state index contributed by atoms with van der Waals surface area (Å²) in [4.78, 5) is 16.5. The summed E-state index contributed by atoms with van der Waals surface area (Å²) in [7, 11) is 3.18. The standard InChI is InChI=1S/C14H20N2O3/c1-10-8-11(9-15-12(10)18-2)16-13(17)14(19-3)6-4-5-7-14/h8-9H,4-7H2,1-3H3,(H,16,17). The van der Waals surface area contributed by atoms with E-state index in [0.29, 0.717) is 11.6 Å². The minimum absolute atomic E-state index is 0.0844. The first kappa shape index (κ1) is 13.8. The number of carbonyl (C=O) groups excluding carboxylic acids is 1. The average Bonchev–Trinajstić information content (AvgIpc) is 2.89. The molecule has 1 aromatic rings. The predicted octanol–water partition coefficient (Wildman–Crippen LogP) is 2.30. The van der Waals surface area contributed by atoms with Crippen molar-refractivity contribution in [3.63, 3.8) is 0 Å². The van der Waals surface area contributed by atoms with Crippen molar-refractivity contribution in [1.82, 2.24) is 4.98 Å². The molecule has 1 fully saturated rings. The number of hydrogen-bond donors (Lipinski definition) is 1. The second kappa shape index (κ2) is 5.57. The fourth-order valence-electron chi connectivity index (χ4n) is 2.56. The summed E-state index contributed by atoms with van der Waals surface area (Å²) in [5.74, 6) is 0.485. The fourth-order valence-corrected chi connectivity index (χ4v) is 2.56. The largest absolute Gasteiger partial charge is 0.481 e. The minimum Gasteiger partial charge on any atom is -0.481 e. The monoisotopic (exact) mass is 264 g/mol. The minimum atomic E-state index is -0.673. The number of anilines is 1. The van der Waals surface area contributed by atoms with Gasteiger partial charge in [-0.3, -0.25) is 4.79 Å². The van der Waals surface area contributed by atoms with E-state index < -0.39 is 5.60 Å². The van der Waals surface area contributed by atoms with Gasteiger partial charge in [0.05, 0.1) is 19.0 Å². The summed E-state index contributed by atoms with van der Waals surface area (Å²) in [5, 5.41) is 2.89. The van der Waals surface area contributed by atoms with Gasteiger partial charge in [0, 0.05) is 12.7 Å². The Labute approximate surface area is 113 Å². The Bertz CT molecular complexity index is 468. The molecule has 0 bridgehead atoms. The average molecular weight is 264 g/mol. The molecule has 1 aromatic heterocycles. The van der Waals surface area contributed by atoms with Crippen LogP contribution in [-0.4, -0.2) is 30.7 Å². The Morgan fingerprint density at radius 1 is 1.37 bits per heavy atom. The molecule has 0 radical (unpaired) electrons. The van der Waals surface area contributed by atoms with Gasteiger partial charge in [0.15, 0.2) is 0 Å². The normalized spacial score (nSPS) is 17.2. The van der Waals surface area contributed by atoms with Crippen LogP contribution >= 0.6 is 0 Å². The van der Waals surface area contributed by atoms with Crippen LogP contribution in [0.5, 0.6) is 5.88 Å². The van der Waals surface area contributed by atoms with E-state index in [-0.39, 0.29) is 5.91 Å². The zero-order chi connectivity index (χ0) is 13.9. The maximum absolute atomic E-state index is 12.3. The molecular weight excluding hydrogens is 244 g/mol. The molecule has 0 unspecified atom stereocenters. The third-order valence-electron chi connectivity index (χ3n) is 3.70. The van der Waals surface area contributed by atoms with Crippen LogP contribution in [0.15, 0.2) is 12.3 Å². The molecule has 5 heteroatoms. The van der Waals surface area contributed by atoms with E-state index in [1.807, 2.05) is 13.0 Å². The number of aromatic nitrogens is 1. The van der Waals surface area contributed by atoms with E-state index in [0.717, 1.165) is 31.2 Å². The first-order chi connectivity index (χ1) is 9.11. The Kier molecular flexibility index (Phi) is 4.04. The first-order valence-corrected chi connectivity index (χ1v) is 6.48. The highest BCUT2D eigenvalue weighted by Gasteiger charge is 2.41. The molecule has 5 nitrogen and oxygen atoms in total. The molecule has 0 spiro atoms. The molecule has 0 aromatic carbocycles. The van der Waals surface area contributed by atoms with Crippen molar-refractivity contribution in [2.75, 3.05) is 19.5 Å². The van der Waals surface area contributed by atoms with Gasteiger partial charge in [0.25, 0.3) is 5.91 Å². The summed E-state index contributed by atoms with van der Waals surface area (Å²) in [6, 6.07) is 1.85. The number of pyridine rings is 1. The first-order valence-electron chi connectivity index (χ1n) is 6.48. The molecule has 1 N–H and O–H groups in total. The molecule has 19 heavy (non-hydrogen) atoms. The number of methoxy groups -OCH3 is 2. The number of rotatable bonds is 4. The summed E-state index contributed by atoms with van der Waals surface area (Å²) < 4.78 is 10.5. The van der Waals surface area contributed by atoms with Crippen LogP contribution in [-0.2, 0) is 9.53 Å². The number of ether oxygens (including phenoxy) is 2. The zero-order valence-corrected chi connectivity index (χ0v) is 11.7. The molecule has 1 amide bonds. The van der Waals surface area contributed by atoms with Gasteiger partial charge in [-0.15, -0.1) is 0 Å². The summed E-state index contributed by atoms with van der Waals surface area (Å²) in [6.07, 6.45) is 5.21. The number of carbonyl (C=O) groups is 1. The molecule has 0 aliphatic heterocycles. The molecule has 0 saturated heterocycles. The van der Waals surface area contributed by atoms with Gasteiger partial charge in [0.1, 0.15) is 5.60 Å². The van der Waals surface area contributed by atoms with Crippen molar-refractivity contribution < 1.29 is 14.3 Å². The Balaban J connectivity index is 2.12. The van der Waals surface area contributed by atoms with Gasteiger partial charge in [-0.1, -0.05) is 0 Å². The summed E-state index contributed by atoms with van der Waals surface area (Å²) in [6.45, 7) is 1.89. The van der Waals surface area contributed by atoms with Crippen LogP contribution in [0.1, 0.15) is 31.2 Å². The maximum atomic E-state index is 12.3. The Morgan fingerprint density at radius 3 is 2.58 bits per heavy atom. The van der Waals surface area contributed by atoms with E-state index in [4.69, 9.17) is 9.47 Å². The topological polar surface area (TPSA) is 60.5 Å². The second-order valence-corrected chi connectivity index (χ2v) is 4.91. The van der Waals surface area contributed by atoms with E-state index in [1.54, 1.807) is 20.4 Å². The molecule has 104 valence electrons. The number of nitrogens with one attached hydrogen (secondary N) is 1.